The molecule has 1 heterocycles. The van der Waals surface area contributed by atoms with Crippen LogP contribution in [-0.2, 0) is 16.0 Å². The number of nitrogens with zero attached hydrogens (tertiary/aromatic N) is 1. The van der Waals surface area contributed by atoms with Crippen molar-refractivity contribution < 1.29 is 14.7 Å². The van der Waals surface area contributed by atoms with E-state index in [-0.39, 0.29) is 17.9 Å². The standard InChI is InChI=1S/C15H20N2O3/c1-10-7-12(15(19)20)5-6-17(10)14(18)9-11-3-2-4-13(16)8-11/h2-4,8,10,12H,5-7,9,16H2,1H3,(H,19,20). The fourth-order valence-corrected chi connectivity index (χ4v) is 2.75. The first-order valence-corrected chi connectivity index (χ1v) is 6.84. The maximum absolute atomic E-state index is 12.3. The molecule has 5 heteroatoms. The van der Waals surface area contributed by atoms with Crippen LogP contribution in [0.3, 0.4) is 0 Å². The molecule has 2 atom stereocenters. The summed E-state index contributed by atoms with van der Waals surface area (Å²) in [6, 6.07) is 7.26. The first kappa shape index (κ1) is 14.4. The van der Waals surface area contributed by atoms with Gasteiger partial charge in [0.25, 0.3) is 0 Å². The van der Waals surface area contributed by atoms with E-state index in [0.29, 0.717) is 31.5 Å². The molecule has 1 aliphatic heterocycles. The van der Waals surface area contributed by atoms with Crippen LogP contribution in [0.1, 0.15) is 25.3 Å². The number of benzene rings is 1. The van der Waals surface area contributed by atoms with Gasteiger partial charge in [0.2, 0.25) is 5.91 Å². The van der Waals surface area contributed by atoms with Crippen LogP contribution in [0.4, 0.5) is 5.69 Å². The van der Waals surface area contributed by atoms with Crippen LogP contribution in [0.5, 0.6) is 0 Å². The van der Waals surface area contributed by atoms with Crippen molar-refractivity contribution in [2.75, 3.05) is 12.3 Å². The molecule has 20 heavy (non-hydrogen) atoms. The van der Waals surface area contributed by atoms with Gasteiger partial charge in [-0.25, -0.2) is 0 Å². The van der Waals surface area contributed by atoms with E-state index < -0.39 is 5.97 Å². The van der Waals surface area contributed by atoms with E-state index in [4.69, 9.17) is 10.8 Å². The molecule has 108 valence electrons. The summed E-state index contributed by atoms with van der Waals surface area (Å²) in [5.74, 6) is -1.06. The zero-order valence-electron chi connectivity index (χ0n) is 11.6. The summed E-state index contributed by atoms with van der Waals surface area (Å²) in [6.45, 7) is 2.42. The predicted molar refractivity (Wildman–Crippen MR) is 76.1 cm³/mol. The summed E-state index contributed by atoms with van der Waals surface area (Å²) in [5.41, 5.74) is 7.24. The molecule has 5 nitrogen and oxygen atoms in total. The quantitative estimate of drug-likeness (QED) is 0.820. The molecule has 1 saturated heterocycles. The third kappa shape index (κ3) is 3.29. The number of hydrogen-bond acceptors (Lipinski definition) is 3. The average molecular weight is 276 g/mol. The fraction of sp³-hybridized carbons (Fsp3) is 0.467. The number of nitrogens with two attached hydrogens (primary N) is 1. The Hall–Kier alpha value is -2.04. The molecule has 1 aliphatic rings. The Morgan fingerprint density at radius 2 is 2.20 bits per heavy atom. The minimum Gasteiger partial charge on any atom is -0.481 e. The Balaban J connectivity index is 1.98. The lowest BCUT2D eigenvalue weighted by atomic mass is 9.91. The van der Waals surface area contributed by atoms with E-state index in [2.05, 4.69) is 0 Å². The molecule has 0 radical (unpaired) electrons. The fourth-order valence-electron chi connectivity index (χ4n) is 2.75. The number of carbonyl (C=O) groups excluding carboxylic acids is 1. The SMILES string of the molecule is CC1CC(C(=O)O)CCN1C(=O)Cc1cccc(N)c1. The molecule has 2 unspecified atom stereocenters. The summed E-state index contributed by atoms with van der Waals surface area (Å²) in [4.78, 5) is 25.1. The van der Waals surface area contributed by atoms with Gasteiger partial charge in [0.05, 0.1) is 12.3 Å². The molecular formula is C15H20N2O3. The molecular weight excluding hydrogens is 256 g/mol. The van der Waals surface area contributed by atoms with Crippen molar-refractivity contribution in [2.24, 2.45) is 5.92 Å². The van der Waals surface area contributed by atoms with Gasteiger partial charge in [-0.3, -0.25) is 9.59 Å². The van der Waals surface area contributed by atoms with Crippen LogP contribution in [0, 0.1) is 5.92 Å². The second kappa shape index (κ2) is 5.94. The number of likely N-dealkylation sites (tertiary alicyclic amines) is 1. The molecule has 0 aromatic heterocycles. The van der Waals surface area contributed by atoms with Gasteiger partial charge in [-0.1, -0.05) is 12.1 Å². The highest BCUT2D eigenvalue weighted by atomic mass is 16.4. The van der Waals surface area contributed by atoms with Crippen LogP contribution in [0.15, 0.2) is 24.3 Å². The van der Waals surface area contributed by atoms with Crippen molar-refractivity contribution in [2.45, 2.75) is 32.2 Å². The summed E-state index contributed by atoms with van der Waals surface area (Å²) in [6.07, 6.45) is 1.37. The second-order valence-electron chi connectivity index (χ2n) is 5.42. The van der Waals surface area contributed by atoms with Crippen LogP contribution >= 0.6 is 0 Å². The van der Waals surface area contributed by atoms with Gasteiger partial charge in [-0.2, -0.15) is 0 Å². The first-order chi connectivity index (χ1) is 9.47. The van der Waals surface area contributed by atoms with Crippen molar-refractivity contribution in [1.29, 1.82) is 0 Å². The highest BCUT2D eigenvalue weighted by molar-refractivity contribution is 5.80. The number of aliphatic carboxylic acids is 1. The van der Waals surface area contributed by atoms with Gasteiger partial charge in [-0.05, 0) is 37.5 Å². The smallest absolute Gasteiger partial charge is 0.306 e. The number of hydrogen-bond donors (Lipinski definition) is 2. The van der Waals surface area contributed by atoms with Gasteiger partial charge in [0.1, 0.15) is 0 Å². The molecule has 0 aliphatic carbocycles. The number of piperidine rings is 1. The van der Waals surface area contributed by atoms with Gasteiger partial charge >= 0.3 is 5.97 Å². The topological polar surface area (TPSA) is 83.6 Å². The normalized spacial score (nSPS) is 22.6. The van der Waals surface area contributed by atoms with Gasteiger partial charge in [0.15, 0.2) is 0 Å². The third-order valence-electron chi connectivity index (χ3n) is 3.85. The molecule has 1 fully saturated rings. The molecule has 2 rings (SSSR count). The van der Waals surface area contributed by atoms with Crippen LogP contribution < -0.4 is 5.73 Å². The maximum Gasteiger partial charge on any atom is 0.306 e. The lowest BCUT2D eigenvalue weighted by Gasteiger charge is -2.36. The summed E-state index contributed by atoms with van der Waals surface area (Å²) in [5, 5.41) is 9.03. The molecule has 1 amide bonds. The summed E-state index contributed by atoms with van der Waals surface area (Å²) < 4.78 is 0. The van der Waals surface area contributed by atoms with Crippen LogP contribution in [-0.4, -0.2) is 34.5 Å². The van der Waals surface area contributed by atoms with E-state index in [1.165, 1.54) is 0 Å². The number of anilines is 1. The third-order valence-corrected chi connectivity index (χ3v) is 3.85. The first-order valence-electron chi connectivity index (χ1n) is 6.84. The van der Waals surface area contributed by atoms with Gasteiger partial charge in [-0.15, -0.1) is 0 Å². The Bertz CT molecular complexity index is 516. The van der Waals surface area contributed by atoms with E-state index in [9.17, 15) is 9.59 Å². The number of rotatable bonds is 3. The Kier molecular flexibility index (Phi) is 4.27. The van der Waals surface area contributed by atoms with Crippen molar-refractivity contribution in [3.8, 4) is 0 Å². The maximum atomic E-state index is 12.3. The number of nitrogen functional groups attached to an aromatic ring is 1. The molecule has 0 saturated carbocycles. The summed E-state index contributed by atoms with van der Waals surface area (Å²) in [7, 11) is 0. The second-order valence-corrected chi connectivity index (χ2v) is 5.42. The van der Waals surface area contributed by atoms with E-state index in [1.807, 2.05) is 19.1 Å². The molecule has 0 bridgehead atoms. The number of carboxylic acid groups (broad SMARTS) is 1. The predicted octanol–water partition coefficient (Wildman–Crippen LogP) is 1.52. The number of amides is 1. The Morgan fingerprint density at radius 3 is 2.80 bits per heavy atom. The van der Waals surface area contributed by atoms with Gasteiger partial charge < -0.3 is 15.7 Å². The zero-order chi connectivity index (χ0) is 14.7. The van der Waals surface area contributed by atoms with Crippen molar-refractivity contribution in [3.05, 3.63) is 29.8 Å². The Labute approximate surface area is 118 Å². The molecule has 0 spiro atoms. The highest BCUT2D eigenvalue weighted by Gasteiger charge is 2.31. The largest absolute Gasteiger partial charge is 0.481 e. The van der Waals surface area contributed by atoms with Crippen molar-refractivity contribution in [3.63, 3.8) is 0 Å². The number of carboxylic acids is 1. The van der Waals surface area contributed by atoms with E-state index >= 15 is 0 Å². The summed E-state index contributed by atoms with van der Waals surface area (Å²) >= 11 is 0. The minimum absolute atomic E-state index is 0.0293. The average Bonchev–Trinajstić information content (AvgIpc) is 2.38. The van der Waals surface area contributed by atoms with Gasteiger partial charge in [0, 0.05) is 18.3 Å². The molecule has 3 N–H and O–H groups in total. The zero-order valence-corrected chi connectivity index (χ0v) is 11.6. The monoisotopic (exact) mass is 276 g/mol. The van der Waals surface area contributed by atoms with Crippen molar-refractivity contribution in [1.82, 2.24) is 4.90 Å². The van der Waals surface area contributed by atoms with E-state index in [0.717, 1.165) is 5.56 Å². The number of carbonyl (C=O) groups is 2. The van der Waals surface area contributed by atoms with E-state index in [1.54, 1.807) is 17.0 Å². The lowest BCUT2D eigenvalue weighted by Crippen LogP contribution is -2.46. The Morgan fingerprint density at radius 1 is 1.45 bits per heavy atom. The highest BCUT2D eigenvalue weighted by Crippen LogP contribution is 2.23. The lowest BCUT2D eigenvalue weighted by molar-refractivity contribution is -0.147. The van der Waals surface area contributed by atoms with Crippen LogP contribution in [0.25, 0.3) is 0 Å². The molecule has 1 aromatic rings. The minimum atomic E-state index is -0.764. The van der Waals surface area contributed by atoms with Crippen molar-refractivity contribution >= 4 is 17.6 Å². The molecule has 1 aromatic carbocycles. The van der Waals surface area contributed by atoms with Crippen LogP contribution in [0.2, 0.25) is 0 Å².